The first-order valence-electron chi connectivity index (χ1n) is 30.1. The van der Waals surface area contributed by atoms with Gasteiger partial charge in [-0.25, -0.2) is 4.79 Å². The van der Waals surface area contributed by atoms with E-state index in [4.69, 9.17) is 19.9 Å². The predicted octanol–water partition coefficient (Wildman–Crippen LogP) is 0.464. The molecular weight excluding hydrogens is 1090 g/mol. The van der Waals surface area contributed by atoms with Crippen LogP contribution in [0.3, 0.4) is 0 Å². The van der Waals surface area contributed by atoms with Crippen molar-refractivity contribution in [3.8, 4) is 0 Å². The predicted molar refractivity (Wildman–Crippen MR) is 315 cm³/mol. The Hall–Kier alpha value is -2.89. The van der Waals surface area contributed by atoms with Crippen LogP contribution in [0.25, 0.3) is 0 Å². The van der Waals surface area contributed by atoms with Crippen molar-refractivity contribution in [2.75, 3.05) is 13.2 Å². The van der Waals surface area contributed by atoms with Crippen molar-refractivity contribution in [2.24, 2.45) is 53.1 Å². The van der Waals surface area contributed by atoms with Crippen molar-refractivity contribution < 1.29 is 106 Å². The maximum absolute atomic E-state index is 13.4. The molecule has 0 spiro atoms. The molecule has 0 aromatic rings. The van der Waals surface area contributed by atoms with Crippen LogP contribution in [0.4, 0.5) is 0 Å². The van der Waals surface area contributed by atoms with Gasteiger partial charge in [-0.2, -0.15) is 0 Å². The van der Waals surface area contributed by atoms with Crippen molar-refractivity contribution >= 4 is 5.97 Å². The minimum atomic E-state index is -1.89. The number of ether oxygens (including phenoxy) is 3. The Balaban J connectivity index is 2.50. The number of carbonyl (C=O) groups is 1. The van der Waals surface area contributed by atoms with Gasteiger partial charge in [0.2, 0.25) is 0 Å². The van der Waals surface area contributed by atoms with Gasteiger partial charge in [0.1, 0.15) is 36.6 Å². The first-order valence-corrected chi connectivity index (χ1v) is 30.1. The van der Waals surface area contributed by atoms with Crippen LogP contribution in [0.2, 0.25) is 0 Å². The average molecular weight is 1200 g/mol. The second kappa shape index (κ2) is 38.5. The van der Waals surface area contributed by atoms with Crippen LogP contribution in [0.1, 0.15) is 127 Å². The summed E-state index contributed by atoms with van der Waals surface area (Å²) in [5.74, 6) is -6.34. The van der Waals surface area contributed by atoms with Crippen LogP contribution in [-0.4, -0.2) is 228 Å². The SMILES string of the molecule is CC1=CC=CC(C)C(O)C(C)C(O)CCC=CC(C)C(O)C=CC(C)C(O)C(C)=CC(OC2OC(CO)C(O)C(O)C2O)C(O)C(C)C(O)CC(O)CC(O)C(C)C(O)C(C)C(O)CC(O)CC(O)C=CCC(C(C)C(O)CCCN)OC1=O. The summed E-state index contributed by atoms with van der Waals surface area (Å²) in [5, 5.41) is 187. The van der Waals surface area contributed by atoms with E-state index in [1.807, 2.05) is 6.08 Å². The number of hydrogen-bond donors (Lipinski definition) is 18. The minimum Gasteiger partial charge on any atom is -0.458 e. The molecule has 0 aromatic carbocycles. The first kappa shape index (κ1) is 77.2. The van der Waals surface area contributed by atoms with Crippen LogP contribution in [0.5, 0.6) is 0 Å². The van der Waals surface area contributed by atoms with E-state index in [0.29, 0.717) is 32.2 Å². The zero-order chi connectivity index (χ0) is 63.9. The zero-order valence-electron chi connectivity index (χ0n) is 51.0. The lowest BCUT2D eigenvalue weighted by Crippen LogP contribution is -2.60. The lowest BCUT2D eigenvalue weighted by molar-refractivity contribution is -0.314. The summed E-state index contributed by atoms with van der Waals surface area (Å²) < 4.78 is 17.4. The van der Waals surface area contributed by atoms with Gasteiger partial charge in [-0.05, 0) is 70.9 Å². The van der Waals surface area contributed by atoms with Gasteiger partial charge in [0.05, 0.1) is 86.0 Å². The number of cyclic esters (lactones) is 1. The topological polar surface area (TPSA) is 415 Å². The number of aliphatic hydroxyl groups excluding tert-OH is 17. The van der Waals surface area contributed by atoms with Crippen molar-refractivity contribution in [1.82, 2.24) is 0 Å². The van der Waals surface area contributed by atoms with Crippen molar-refractivity contribution in [2.45, 2.75) is 249 Å². The third kappa shape index (κ3) is 24.9. The standard InChI is InChI=1S/C62H109NO21/c1-32-16-11-12-20-47(70)38(7)55(75)33(2)17-13-18-35(4)61(81)82-51(37(6)46(69)21-15-25-63)22-14-19-42(65)27-43(66)28-48(71)39(8)56(76)40(9)49(72)29-44(67)30-50(73)41(10)57(77)52(26-36(5)54(74)34(3)23-24-45(32)68)83-62-60(80)59(79)58(78)53(31-64)84-62/h11,13-14,16-19,23-24,26,32-34,37-60,62,64-80H,12,15,20-22,25,27-31,63H2,1-10H3. The molecule has 0 saturated carbocycles. The maximum Gasteiger partial charge on any atom is 0.334 e. The van der Waals surface area contributed by atoms with E-state index in [1.165, 1.54) is 52.0 Å². The molecule has 0 aromatic heterocycles. The number of rotatable bonds is 8. The van der Waals surface area contributed by atoms with E-state index in [9.17, 15) is 91.6 Å². The number of aliphatic hydroxyl groups is 17. The summed E-state index contributed by atoms with van der Waals surface area (Å²) in [7, 11) is 0. The monoisotopic (exact) mass is 1200 g/mol. The normalized spacial score (nSPS) is 42.1. The second-order valence-electron chi connectivity index (χ2n) is 24.3. The Labute approximate surface area is 497 Å². The van der Waals surface area contributed by atoms with E-state index in [1.54, 1.807) is 71.9 Å². The van der Waals surface area contributed by atoms with Gasteiger partial charge in [0.15, 0.2) is 6.29 Å². The van der Waals surface area contributed by atoms with Gasteiger partial charge in [0, 0.05) is 65.8 Å². The highest BCUT2D eigenvalue weighted by Gasteiger charge is 2.46. The number of esters is 1. The Kier molecular flexibility index (Phi) is 35.4. The molecule has 0 radical (unpaired) electrons. The summed E-state index contributed by atoms with van der Waals surface area (Å²) in [4.78, 5) is 13.4. The number of allylic oxidation sites excluding steroid dienone is 3. The smallest absolute Gasteiger partial charge is 0.334 e. The highest BCUT2D eigenvalue weighted by molar-refractivity contribution is 5.88. The number of carbonyl (C=O) groups excluding carboxylic acids is 1. The van der Waals surface area contributed by atoms with Crippen LogP contribution in [0.15, 0.2) is 71.9 Å². The Bertz CT molecular complexity index is 2040. The molecule has 2 rings (SSSR count). The van der Waals surface area contributed by atoms with Gasteiger partial charge < -0.3 is 107 Å². The molecule has 2 heterocycles. The molecule has 2 aliphatic heterocycles. The fourth-order valence-electron chi connectivity index (χ4n) is 10.4. The molecule has 0 amide bonds. The number of nitrogens with two attached hydrogens (primary N) is 1. The summed E-state index contributed by atoms with van der Waals surface area (Å²) in [5.41, 5.74) is 6.12. The van der Waals surface area contributed by atoms with E-state index in [2.05, 4.69) is 0 Å². The molecular formula is C62H109NO21. The van der Waals surface area contributed by atoms with Crippen LogP contribution >= 0.6 is 0 Å². The quantitative estimate of drug-likeness (QED) is 0.116. The van der Waals surface area contributed by atoms with Gasteiger partial charge in [-0.1, -0.05) is 116 Å². The second-order valence-corrected chi connectivity index (χ2v) is 24.3. The fraction of sp³-hybridized carbons (Fsp3) is 0.790. The molecule has 2 aliphatic rings. The van der Waals surface area contributed by atoms with Crippen molar-refractivity contribution in [1.29, 1.82) is 0 Å². The van der Waals surface area contributed by atoms with E-state index in [-0.39, 0.29) is 36.8 Å². The Morgan fingerprint density at radius 3 is 1.76 bits per heavy atom. The van der Waals surface area contributed by atoms with Gasteiger partial charge in [-0.15, -0.1) is 0 Å². The van der Waals surface area contributed by atoms with Crippen LogP contribution < -0.4 is 5.73 Å². The van der Waals surface area contributed by atoms with Crippen molar-refractivity contribution in [3.63, 3.8) is 0 Å². The largest absolute Gasteiger partial charge is 0.458 e. The molecule has 19 N–H and O–H groups in total. The van der Waals surface area contributed by atoms with Gasteiger partial charge >= 0.3 is 5.97 Å². The van der Waals surface area contributed by atoms with Crippen LogP contribution in [-0.2, 0) is 19.0 Å². The van der Waals surface area contributed by atoms with E-state index in [0.717, 1.165) is 0 Å². The maximum atomic E-state index is 13.4. The average Bonchev–Trinajstić information content (AvgIpc) is 3.56. The lowest BCUT2D eigenvalue weighted by Gasteiger charge is -2.41. The summed E-state index contributed by atoms with van der Waals surface area (Å²) in [6.07, 6.45) is -11.0. The molecule has 22 heteroatoms. The third-order valence-electron chi connectivity index (χ3n) is 17.2. The van der Waals surface area contributed by atoms with Gasteiger partial charge in [0.25, 0.3) is 0 Å². The molecule has 22 nitrogen and oxygen atoms in total. The van der Waals surface area contributed by atoms with E-state index >= 15 is 0 Å². The molecule has 0 aliphatic carbocycles. The zero-order valence-corrected chi connectivity index (χ0v) is 51.0. The Morgan fingerprint density at radius 1 is 0.631 bits per heavy atom. The third-order valence-corrected chi connectivity index (χ3v) is 17.2. The lowest BCUT2D eigenvalue weighted by atomic mass is 9.82. The molecule has 488 valence electrons. The summed E-state index contributed by atoms with van der Waals surface area (Å²) in [6.45, 7) is 15.7. The van der Waals surface area contributed by atoms with Crippen LogP contribution in [0, 0.1) is 47.3 Å². The molecule has 84 heavy (non-hydrogen) atoms. The van der Waals surface area contributed by atoms with Crippen molar-refractivity contribution in [3.05, 3.63) is 71.9 Å². The van der Waals surface area contributed by atoms with Gasteiger partial charge in [-0.3, -0.25) is 0 Å². The number of hydrogen-bond acceptors (Lipinski definition) is 22. The first-order chi connectivity index (χ1) is 39.3. The molecule has 28 atom stereocenters. The highest BCUT2D eigenvalue weighted by Crippen LogP contribution is 2.31. The molecule has 28 unspecified atom stereocenters. The summed E-state index contributed by atoms with van der Waals surface area (Å²) in [6, 6.07) is 0. The summed E-state index contributed by atoms with van der Waals surface area (Å²) >= 11 is 0. The highest BCUT2D eigenvalue weighted by atomic mass is 16.7. The fourth-order valence-corrected chi connectivity index (χ4v) is 10.4. The Morgan fingerprint density at radius 2 is 1.19 bits per heavy atom. The molecule has 1 saturated heterocycles. The minimum absolute atomic E-state index is 0.0769. The molecule has 0 bridgehead atoms. The molecule has 1 fully saturated rings. The van der Waals surface area contributed by atoms with E-state index < -0.39 is 189 Å².